The van der Waals surface area contributed by atoms with Gasteiger partial charge in [-0.15, -0.1) is 0 Å². The van der Waals surface area contributed by atoms with Crippen LogP contribution in [0.15, 0.2) is 0 Å². The van der Waals surface area contributed by atoms with E-state index in [1.54, 1.807) is 4.90 Å². The van der Waals surface area contributed by atoms with Gasteiger partial charge in [-0.2, -0.15) is 0 Å². The number of hydrogen-bond acceptors (Lipinski definition) is 4. The second kappa shape index (κ2) is 5.29. The van der Waals surface area contributed by atoms with E-state index in [0.717, 1.165) is 19.5 Å². The summed E-state index contributed by atoms with van der Waals surface area (Å²) in [6.45, 7) is 2.97. The topological polar surface area (TPSA) is 61.8 Å². The summed E-state index contributed by atoms with van der Waals surface area (Å²) in [6.07, 6.45) is 0.110. The number of carbonyl (C=O) groups is 1. The van der Waals surface area contributed by atoms with Crippen LogP contribution in [0.25, 0.3) is 0 Å². The maximum Gasteiger partial charge on any atom is 0.248 e. The van der Waals surface area contributed by atoms with Crippen molar-refractivity contribution in [2.24, 2.45) is 0 Å². The summed E-state index contributed by atoms with van der Waals surface area (Å²) in [6, 6.07) is 0.394. The van der Waals surface area contributed by atoms with Gasteiger partial charge >= 0.3 is 0 Å². The molecule has 1 fully saturated rings. The fraction of sp³-hybridized carbons (Fsp3) is 0.889. The minimum atomic E-state index is -0.873. The van der Waals surface area contributed by atoms with Crippen LogP contribution in [0.3, 0.4) is 0 Å². The number of likely N-dealkylation sites (tertiary alicyclic amines) is 1. The summed E-state index contributed by atoms with van der Waals surface area (Å²) in [7, 11) is 1.89. The molecule has 0 aromatic rings. The first-order chi connectivity index (χ1) is 6.63. The van der Waals surface area contributed by atoms with Crippen LogP contribution in [-0.4, -0.2) is 55.0 Å². The average molecular weight is 202 g/mol. The third kappa shape index (κ3) is 3.25. The molecule has 5 heteroatoms. The molecule has 2 atom stereocenters. The van der Waals surface area contributed by atoms with Gasteiger partial charge in [-0.25, -0.2) is 0 Å². The zero-order chi connectivity index (χ0) is 10.6. The van der Waals surface area contributed by atoms with E-state index in [1.165, 1.54) is 6.92 Å². The largest absolute Gasteiger partial charge is 0.368 e. The number of amides is 1. The number of aliphatic hydroxyl groups is 1. The smallest absolute Gasteiger partial charge is 0.248 e. The number of nitrogens with one attached hydrogen (secondary N) is 1. The first-order valence-corrected chi connectivity index (χ1v) is 4.88. The molecule has 1 saturated heterocycles. The van der Waals surface area contributed by atoms with Crippen LogP contribution in [0, 0.1) is 0 Å². The van der Waals surface area contributed by atoms with E-state index < -0.39 is 6.29 Å². The lowest BCUT2D eigenvalue weighted by molar-refractivity contribution is -0.146. The van der Waals surface area contributed by atoms with Crippen LogP contribution < -0.4 is 5.32 Å². The van der Waals surface area contributed by atoms with Crippen molar-refractivity contribution in [3.8, 4) is 0 Å². The van der Waals surface area contributed by atoms with Crippen molar-refractivity contribution in [1.29, 1.82) is 0 Å². The summed E-state index contributed by atoms with van der Waals surface area (Å²) in [5, 5.41) is 12.0. The molecule has 1 aliphatic heterocycles. The highest BCUT2D eigenvalue weighted by Crippen LogP contribution is 2.08. The molecule has 2 N–H and O–H groups in total. The van der Waals surface area contributed by atoms with Crippen LogP contribution in [0.2, 0.25) is 0 Å². The fourth-order valence-electron chi connectivity index (χ4n) is 1.51. The monoisotopic (exact) mass is 202 g/mol. The van der Waals surface area contributed by atoms with Crippen molar-refractivity contribution >= 4 is 5.91 Å². The number of hydrogen-bond donors (Lipinski definition) is 2. The zero-order valence-corrected chi connectivity index (χ0v) is 8.69. The third-order valence-electron chi connectivity index (χ3n) is 2.40. The Hall–Kier alpha value is -0.650. The van der Waals surface area contributed by atoms with E-state index in [1.807, 2.05) is 7.05 Å². The van der Waals surface area contributed by atoms with Gasteiger partial charge in [0.1, 0.15) is 6.61 Å². The van der Waals surface area contributed by atoms with Crippen molar-refractivity contribution in [2.75, 3.05) is 26.7 Å². The van der Waals surface area contributed by atoms with Crippen molar-refractivity contribution in [3.05, 3.63) is 0 Å². The van der Waals surface area contributed by atoms with E-state index in [-0.39, 0.29) is 12.5 Å². The van der Waals surface area contributed by atoms with Gasteiger partial charge in [0.05, 0.1) is 0 Å². The number of likely N-dealkylation sites (N-methyl/N-ethyl adjacent to an activating group) is 1. The van der Waals surface area contributed by atoms with Crippen LogP contribution in [0.4, 0.5) is 0 Å². The van der Waals surface area contributed by atoms with Crippen molar-refractivity contribution in [3.63, 3.8) is 0 Å². The van der Waals surface area contributed by atoms with Gasteiger partial charge in [-0.1, -0.05) is 0 Å². The lowest BCUT2D eigenvalue weighted by Gasteiger charge is -2.16. The highest BCUT2D eigenvalue weighted by molar-refractivity contribution is 5.77. The maximum absolute atomic E-state index is 11.5. The molecule has 1 rings (SSSR count). The summed E-state index contributed by atoms with van der Waals surface area (Å²) in [4.78, 5) is 13.2. The molecule has 1 heterocycles. The summed E-state index contributed by atoms with van der Waals surface area (Å²) < 4.78 is 4.83. The van der Waals surface area contributed by atoms with E-state index in [9.17, 15) is 4.79 Å². The van der Waals surface area contributed by atoms with Gasteiger partial charge in [-0.05, 0) is 20.4 Å². The van der Waals surface area contributed by atoms with Gasteiger partial charge in [-0.3, -0.25) is 4.79 Å². The van der Waals surface area contributed by atoms with Crippen LogP contribution in [0.1, 0.15) is 13.3 Å². The second-order valence-electron chi connectivity index (χ2n) is 3.52. The number of rotatable bonds is 4. The minimum Gasteiger partial charge on any atom is -0.368 e. The summed E-state index contributed by atoms with van der Waals surface area (Å²) in [5.74, 6) is -0.0522. The van der Waals surface area contributed by atoms with Gasteiger partial charge in [0.2, 0.25) is 5.91 Å². The fourth-order valence-corrected chi connectivity index (χ4v) is 1.51. The lowest BCUT2D eigenvalue weighted by Crippen LogP contribution is -2.36. The first-order valence-electron chi connectivity index (χ1n) is 4.88. The molecular formula is C9H18N2O3. The lowest BCUT2D eigenvalue weighted by atomic mass is 10.3. The first kappa shape index (κ1) is 11.4. The Morgan fingerprint density at radius 2 is 2.50 bits per heavy atom. The van der Waals surface area contributed by atoms with Crippen molar-refractivity contribution < 1.29 is 14.6 Å². The van der Waals surface area contributed by atoms with Crippen molar-refractivity contribution in [2.45, 2.75) is 25.7 Å². The molecule has 0 radical (unpaired) electrons. The molecule has 1 aliphatic rings. The Labute approximate surface area is 84.0 Å². The van der Waals surface area contributed by atoms with Crippen LogP contribution in [-0.2, 0) is 9.53 Å². The molecule has 0 spiro atoms. The summed E-state index contributed by atoms with van der Waals surface area (Å²) in [5.41, 5.74) is 0. The number of ether oxygens (including phenoxy) is 1. The third-order valence-corrected chi connectivity index (χ3v) is 2.40. The highest BCUT2D eigenvalue weighted by atomic mass is 16.6. The summed E-state index contributed by atoms with van der Waals surface area (Å²) >= 11 is 0. The second-order valence-corrected chi connectivity index (χ2v) is 3.52. The Kier molecular flexibility index (Phi) is 4.31. The minimum absolute atomic E-state index is 0.0336. The Morgan fingerprint density at radius 1 is 1.79 bits per heavy atom. The predicted molar refractivity (Wildman–Crippen MR) is 51.7 cm³/mol. The average Bonchev–Trinajstić information content (AvgIpc) is 2.62. The molecule has 2 unspecified atom stereocenters. The normalized spacial score (nSPS) is 23.9. The van der Waals surface area contributed by atoms with E-state index >= 15 is 0 Å². The maximum atomic E-state index is 11.5. The van der Waals surface area contributed by atoms with Gasteiger partial charge in [0.25, 0.3) is 0 Å². The van der Waals surface area contributed by atoms with Gasteiger partial charge in [0, 0.05) is 19.1 Å². The molecule has 5 nitrogen and oxygen atoms in total. The SMILES string of the molecule is CNC1CCN(C(=O)COC(C)O)C1. The van der Waals surface area contributed by atoms with E-state index in [4.69, 9.17) is 9.84 Å². The Balaban J connectivity index is 2.25. The standard InChI is InChI=1S/C9H18N2O3/c1-7(12)14-6-9(13)11-4-3-8(5-11)10-2/h7-8,10,12H,3-6H2,1-2H3. The van der Waals surface area contributed by atoms with Crippen LogP contribution in [0.5, 0.6) is 0 Å². The molecule has 0 aliphatic carbocycles. The number of carbonyl (C=O) groups excluding carboxylic acids is 1. The predicted octanol–water partition coefficient (Wildman–Crippen LogP) is -0.838. The van der Waals surface area contributed by atoms with E-state index in [2.05, 4.69) is 5.32 Å². The molecule has 82 valence electrons. The molecule has 1 amide bonds. The van der Waals surface area contributed by atoms with Gasteiger partial charge < -0.3 is 20.1 Å². The molecule has 0 aromatic carbocycles. The number of nitrogens with zero attached hydrogens (tertiary/aromatic N) is 1. The quantitative estimate of drug-likeness (QED) is 0.584. The van der Waals surface area contributed by atoms with Crippen LogP contribution >= 0.6 is 0 Å². The molecule has 0 bridgehead atoms. The molecule has 0 saturated carbocycles. The van der Waals surface area contributed by atoms with E-state index in [0.29, 0.717) is 6.04 Å². The highest BCUT2D eigenvalue weighted by Gasteiger charge is 2.24. The Bertz CT molecular complexity index is 196. The molecule has 14 heavy (non-hydrogen) atoms. The van der Waals surface area contributed by atoms with Crippen molar-refractivity contribution in [1.82, 2.24) is 10.2 Å². The molecular weight excluding hydrogens is 184 g/mol. The zero-order valence-electron chi connectivity index (χ0n) is 8.69. The molecule has 0 aromatic heterocycles. The number of aliphatic hydroxyl groups excluding tert-OH is 1. The Morgan fingerprint density at radius 3 is 3.00 bits per heavy atom. The van der Waals surface area contributed by atoms with Gasteiger partial charge in [0.15, 0.2) is 6.29 Å².